The lowest BCUT2D eigenvalue weighted by Crippen LogP contribution is -2.37. The van der Waals surface area contributed by atoms with Gasteiger partial charge in [-0.15, -0.1) is 0 Å². The number of carbonyl (C=O) groups is 1. The summed E-state index contributed by atoms with van der Waals surface area (Å²) in [5.74, 6) is -0.409. The monoisotopic (exact) mass is 359 g/mol. The molecule has 0 radical (unpaired) electrons. The van der Waals surface area contributed by atoms with Crippen molar-refractivity contribution in [3.05, 3.63) is 71.9 Å². The molecule has 2 aromatic carbocycles. The van der Waals surface area contributed by atoms with Crippen molar-refractivity contribution in [2.45, 2.75) is 18.6 Å². The SMILES string of the molecule is N[C@H](Cc1ccc(C(F)(F)F)cc1)C(=O)Nc1ccc2ncccc2c1. The van der Waals surface area contributed by atoms with Crippen LogP contribution in [0.5, 0.6) is 0 Å². The third kappa shape index (κ3) is 4.18. The van der Waals surface area contributed by atoms with Crippen LogP contribution in [0.15, 0.2) is 60.8 Å². The fourth-order valence-electron chi connectivity index (χ4n) is 2.56. The van der Waals surface area contributed by atoms with Crippen molar-refractivity contribution < 1.29 is 18.0 Å². The van der Waals surface area contributed by atoms with E-state index in [0.717, 1.165) is 23.0 Å². The van der Waals surface area contributed by atoms with Gasteiger partial charge in [-0.05, 0) is 48.4 Å². The van der Waals surface area contributed by atoms with Gasteiger partial charge in [0.05, 0.1) is 17.1 Å². The maximum atomic E-state index is 12.6. The number of nitrogens with one attached hydrogen (secondary N) is 1. The molecule has 0 aliphatic rings. The summed E-state index contributed by atoms with van der Waals surface area (Å²) in [6, 6.07) is 12.7. The molecule has 1 atom stereocenters. The van der Waals surface area contributed by atoms with E-state index in [-0.39, 0.29) is 6.42 Å². The summed E-state index contributed by atoms with van der Waals surface area (Å²) in [5, 5.41) is 3.59. The van der Waals surface area contributed by atoms with E-state index in [1.54, 1.807) is 30.5 Å². The minimum Gasteiger partial charge on any atom is -0.325 e. The molecule has 0 bridgehead atoms. The molecule has 3 aromatic rings. The molecular weight excluding hydrogens is 343 g/mol. The molecule has 1 amide bonds. The number of carbonyl (C=O) groups excluding carboxylic acids is 1. The fraction of sp³-hybridized carbons (Fsp3) is 0.158. The second-order valence-corrected chi connectivity index (χ2v) is 5.91. The lowest BCUT2D eigenvalue weighted by molar-refractivity contribution is -0.137. The fourth-order valence-corrected chi connectivity index (χ4v) is 2.56. The van der Waals surface area contributed by atoms with Crippen molar-refractivity contribution in [1.82, 2.24) is 4.98 Å². The van der Waals surface area contributed by atoms with Crippen molar-refractivity contribution in [3.63, 3.8) is 0 Å². The largest absolute Gasteiger partial charge is 0.416 e. The van der Waals surface area contributed by atoms with E-state index in [2.05, 4.69) is 10.3 Å². The second-order valence-electron chi connectivity index (χ2n) is 5.91. The highest BCUT2D eigenvalue weighted by Crippen LogP contribution is 2.29. The standard InChI is InChI=1S/C19H16F3N3O/c20-19(21,22)14-5-3-12(4-6-14)10-16(23)18(26)25-15-7-8-17-13(11-15)2-1-9-24-17/h1-9,11,16H,10,23H2,(H,25,26)/t16-/m1/s1. The maximum absolute atomic E-state index is 12.6. The average molecular weight is 359 g/mol. The molecule has 7 heteroatoms. The quantitative estimate of drug-likeness (QED) is 0.745. The van der Waals surface area contributed by atoms with Gasteiger partial charge in [-0.2, -0.15) is 13.2 Å². The summed E-state index contributed by atoms with van der Waals surface area (Å²) < 4.78 is 37.7. The molecule has 3 rings (SSSR count). The van der Waals surface area contributed by atoms with Gasteiger partial charge < -0.3 is 11.1 Å². The molecule has 134 valence electrons. The van der Waals surface area contributed by atoms with Gasteiger partial charge >= 0.3 is 6.18 Å². The van der Waals surface area contributed by atoms with Gasteiger partial charge in [-0.25, -0.2) is 0 Å². The highest BCUT2D eigenvalue weighted by Gasteiger charge is 2.30. The Morgan fingerprint density at radius 1 is 1.12 bits per heavy atom. The third-order valence-electron chi connectivity index (χ3n) is 3.94. The van der Waals surface area contributed by atoms with Crippen molar-refractivity contribution >= 4 is 22.5 Å². The van der Waals surface area contributed by atoms with Crippen LogP contribution in [-0.2, 0) is 17.4 Å². The summed E-state index contributed by atoms with van der Waals surface area (Å²) in [4.78, 5) is 16.4. The van der Waals surface area contributed by atoms with Gasteiger partial charge in [-0.1, -0.05) is 18.2 Å². The van der Waals surface area contributed by atoms with Gasteiger partial charge in [0.1, 0.15) is 0 Å². The molecule has 0 saturated heterocycles. The Hall–Kier alpha value is -2.93. The Kier molecular flexibility index (Phi) is 4.90. The Morgan fingerprint density at radius 3 is 2.54 bits per heavy atom. The van der Waals surface area contributed by atoms with Gasteiger partial charge in [0.15, 0.2) is 0 Å². The Bertz CT molecular complexity index is 923. The topological polar surface area (TPSA) is 68.0 Å². The molecule has 0 spiro atoms. The molecule has 3 N–H and O–H groups in total. The summed E-state index contributed by atoms with van der Waals surface area (Å²) in [7, 11) is 0. The van der Waals surface area contributed by atoms with Crippen molar-refractivity contribution in [3.8, 4) is 0 Å². The Balaban J connectivity index is 1.65. The number of fused-ring (bicyclic) bond motifs is 1. The molecule has 0 aliphatic carbocycles. The predicted octanol–water partition coefficient (Wildman–Crippen LogP) is 3.76. The third-order valence-corrected chi connectivity index (χ3v) is 3.94. The molecule has 0 fully saturated rings. The number of amides is 1. The van der Waals surface area contributed by atoms with Crippen LogP contribution in [0.3, 0.4) is 0 Å². The number of hydrogen-bond donors (Lipinski definition) is 2. The molecule has 0 saturated carbocycles. The van der Waals surface area contributed by atoms with Crippen LogP contribution in [0.1, 0.15) is 11.1 Å². The maximum Gasteiger partial charge on any atom is 0.416 e. The number of hydrogen-bond acceptors (Lipinski definition) is 3. The number of aromatic nitrogens is 1. The number of anilines is 1. The van der Waals surface area contributed by atoms with Crippen LogP contribution in [0.4, 0.5) is 18.9 Å². The normalized spacial score (nSPS) is 12.8. The van der Waals surface area contributed by atoms with Gasteiger partial charge in [0, 0.05) is 17.3 Å². The van der Waals surface area contributed by atoms with Gasteiger partial charge in [-0.3, -0.25) is 9.78 Å². The minimum absolute atomic E-state index is 0.138. The zero-order chi connectivity index (χ0) is 18.7. The molecule has 0 unspecified atom stereocenters. The van der Waals surface area contributed by atoms with E-state index in [4.69, 9.17) is 5.73 Å². The molecule has 1 aromatic heterocycles. The number of halogens is 3. The summed E-state index contributed by atoms with van der Waals surface area (Å²) >= 11 is 0. The van der Waals surface area contributed by atoms with Crippen LogP contribution in [0, 0.1) is 0 Å². The molecule has 4 nitrogen and oxygen atoms in total. The second kappa shape index (κ2) is 7.13. The molecular formula is C19H16F3N3O. The van der Waals surface area contributed by atoms with E-state index < -0.39 is 23.7 Å². The van der Waals surface area contributed by atoms with E-state index >= 15 is 0 Å². The number of rotatable bonds is 4. The predicted molar refractivity (Wildman–Crippen MR) is 93.5 cm³/mol. The van der Waals surface area contributed by atoms with Crippen LogP contribution in [0.25, 0.3) is 10.9 Å². The first-order valence-corrected chi connectivity index (χ1v) is 7.90. The van der Waals surface area contributed by atoms with Crippen molar-refractivity contribution in [2.24, 2.45) is 5.73 Å². The van der Waals surface area contributed by atoms with E-state index in [0.29, 0.717) is 11.3 Å². The summed E-state index contributed by atoms with van der Waals surface area (Å²) in [6.07, 6.45) is -2.57. The van der Waals surface area contributed by atoms with E-state index in [1.807, 2.05) is 6.07 Å². The number of pyridine rings is 1. The Morgan fingerprint density at radius 2 is 1.85 bits per heavy atom. The number of alkyl halides is 3. The van der Waals surface area contributed by atoms with Gasteiger partial charge in [0.25, 0.3) is 0 Å². The number of nitrogens with two attached hydrogens (primary N) is 1. The number of nitrogens with zero attached hydrogens (tertiary/aromatic N) is 1. The molecule has 0 aliphatic heterocycles. The minimum atomic E-state index is -4.39. The summed E-state index contributed by atoms with van der Waals surface area (Å²) in [5.41, 5.74) is 7.10. The lowest BCUT2D eigenvalue weighted by atomic mass is 10.0. The smallest absolute Gasteiger partial charge is 0.325 e. The van der Waals surface area contributed by atoms with Gasteiger partial charge in [0.2, 0.25) is 5.91 Å². The molecule has 26 heavy (non-hydrogen) atoms. The van der Waals surface area contributed by atoms with E-state index in [9.17, 15) is 18.0 Å². The van der Waals surface area contributed by atoms with Crippen molar-refractivity contribution in [1.29, 1.82) is 0 Å². The van der Waals surface area contributed by atoms with Crippen LogP contribution < -0.4 is 11.1 Å². The van der Waals surface area contributed by atoms with Crippen molar-refractivity contribution in [2.75, 3.05) is 5.32 Å². The molecule has 1 heterocycles. The number of benzene rings is 2. The lowest BCUT2D eigenvalue weighted by Gasteiger charge is -2.13. The zero-order valence-corrected chi connectivity index (χ0v) is 13.6. The van der Waals surface area contributed by atoms with Crippen LogP contribution >= 0.6 is 0 Å². The van der Waals surface area contributed by atoms with Crippen LogP contribution in [0.2, 0.25) is 0 Å². The average Bonchev–Trinajstić information content (AvgIpc) is 2.61. The van der Waals surface area contributed by atoms with Crippen LogP contribution in [-0.4, -0.2) is 16.9 Å². The zero-order valence-electron chi connectivity index (χ0n) is 13.6. The Labute approximate surface area is 147 Å². The first-order chi connectivity index (χ1) is 12.3. The first-order valence-electron chi connectivity index (χ1n) is 7.90. The first kappa shape index (κ1) is 17.9. The summed E-state index contributed by atoms with van der Waals surface area (Å²) in [6.45, 7) is 0. The highest BCUT2D eigenvalue weighted by molar-refractivity contribution is 5.96. The van der Waals surface area contributed by atoms with E-state index in [1.165, 1.54) is 12.1 Å². The highest BCUT2D eigenvalue weighted by atomic mass is 19.4.